The first-order valence-corrected chi connectivity index (χ1v) is 11.4. The first kappa shape index (κ1) is 20.3. The molecule has 0 N–H and O–H groups in total. The van der Waals surface area contributed by atoms with Gasteiger partial charge in [0.25, 0.3) is 11.5 Å². The zero-order valence-electron chi connectivity index (χ0n) is 18.2. The summed E-state index contributed by atoms with van der Waals surface area (Å²) in [6.07, 6.45) is 3.56. The Morgan fingerprint density at radius 1 is 0.969 bits per heavy atom. The van der Waals surface area contributed by atoms with Gasteiger partial charge in [-0.15, -0.1) is 11.8 Å². The fraction of sp³-hybridized carbons (Fsp3) is 0.217. The number of nitrogens with zero attached hydrogens (tertiary/aromatic N) is 6. The molecule has 0 spiro atoms. The first-order valence-electron chi connectivity index (χ1n) is 10.2. The number of likely N-dealkylation sites (N-methyl/N-ethyl adjacent to an activating group) is 2. The van der Waals surface area contributed by atoms with Crippen molar-refractivity contribution in [3.05, 3.63) is 65.1 Å². The first-order chi connectivity index (χ1) is 15.4. The minimum atomic E-state index is -0.366. The highest BCUT2D eigenvalue weighted by atomic mass is 32.2. The van der Waals surface area contributed by atoms with Crippen molar-refractivity contribution >= 4 is 40.1 Å². The average molecular weight is 447 g/mol. The summed E-state index contributed by atoms with van der Waals surface area (Å²) < 4.78 is 3.36. The summed E-state index contributed by atoms with van der Waals surface area (Å²) in [6.45, 7) is 1.83. The number of hydrogen-bond acceptors (Lipinski definition) is 6. The van der Waals surface area contributed by atoms with Crippen LogP contribution in [0.3, 0.4) is 0 Å². The second kappa shape index (κ2) is 7.52. The van der Waals surface area contributed by atoms with E-state index in [4.69, 9.17) is 4.98 Å². The molecule has 162 valence electrons. The maximum absolute atomic E-state index is 13.7. The van der Waals surface area contributed by atoms with E-state index in [9.17, 15) is 9.59 Å². The molecule has 2 aromatic carbocycles. The zero-order chi connectivity index (χ0) is 22.6. The fourth-order valence-corrected chi connectivity index (χ4v) is 4.70. The van der Waals surface area contributed by atoms with Crippen molar-refractivity contribution < 1.29 is 4.79 Å². The summed E-state index contributed by atoms with van der Waals surface area (Å²) in [5.74, 6) is 0.825. The SMILES string of the molecule is CSc1cccc2c1c(=O)n(-c1ncc3c(n1)N(C)C(C)C(=O)N3C)n2-c1ccccc1. The number of benzene rings is 2. The lowest BCUT2D eigenvalue weighted by atomic mass is 10.2. The molecule has 2 aromatic heterocycles. The standard InChI is InChI=1S/C23H22N6O2S/c1-14-21(30)27(3)17-13-24-23(25-20(17)26(14)2)29-22(31)19-16(11-8-12-18(19)32-4)28(29)15-9-6-5-7-10-15/h5-14H,1-4H3. The van der Waals surface area contributed by atoms with E-state index in [2.05, 4.69) is 4.98 Å². The van der Waals surface area contributed by atoms with Crippen molar-refractivity contribution in [3.63, 3.8) is 0 Å². The summed E-state index contributed by atoms with van der Waals surface area (Å²) in [5, 5.41) is 0.624. The van der Waals surface area contributed by atoms with Gasteiger partial charge in [-0.05, 0) is 37.4 Å². The number of carbonyl (C=O) groups is 1. The number of anilines is 2. The van der Waals surface area contributed by atoms with Crippen LogP contribution >= 0.6 is 11.8 Å². The molecule has 0 radical (unpaired) electrons. The van der Waals surface area contributed by atoms with Gasteiger partial charge in [-0.1, -0.05) is 24.3 Å². The molecular formula is C23H22N6O2S. The maximum Gasteiger partial charge on any atom is 0.283 e. The number of amides is 1. The van der Waals surface area contributed by atoms with Gasteiger partial charge in [0.05, 0.1) is 22.8 Å². The third kappa shape index (κ3) is 2.85. The fourth-order valence-electron chi connectivity index (χ4n) is 4.09. The minimum absolute atomic E-state index is 0.0310. The van der Waals surface area contributed by atoms with Gasteiger partial charge in [-0.3, -0.25) is 9.59 Å². The van der Waals surface area contributed by atoms with Crippen molar-refractivity contribution in [1.82, 2.24) is 19.3 Å². The molecule has 4 aromatic rings. The van der Waals surface area contributed by atoms with Crippen LogP contribution in [0.2, 0.25) is 0 Å². The Kier molecular flexibility index (Phi) is 4.78. The maximum atomic E-state index is 13.7. The lowest BCUT2D eigenvalue weighted by molar-refractivity contribution is -0.119. The predicted octanol–water partition coefficient (Wildman–Crippen LogP) is 3.09. The Morgan fingerprint density at radius 3 is 2.44 bits per heavy atom. The summed E-state index contributed by atoms with van der Waals surface area (Å²) in [4.78, 5) is 39.7. The number of rotatable bonds is 3. The monoisotopic (exact) mass is 446 g/mol. The summed E-state index contributed by atoms with van der Waals surface area (Å²) >= 11 is 1.53. The van der Waals surface area contributed by atoms with Crippen LogP contribution in [0.25, 0.3) is 22.5 Å². The molecule has 3 heterocycles. The highest BCUT2D eigenvalue weighted by Crippen LogP contribution is 2.33. The molecule has 0 aliphatic carbocycles. The molecule has 0 fully saturated rings. The molecule has 1 unspecified atom stereocenters. The number of aromatic nitrogens is 4. The van der Waals surface area contributed by atoms with Crippen LogP contribution in [0.15, 0.2) is 64.4 Å². The van der Waals surface area contributed by atoms with Crippen LogP contribution in [0, 0.1) is 0 Å². The van der Waals surface area contributed by atoms with Gasteiger partial charge >= 0.3 is 0 Å². The molecule has 8 nitrogen and oxygen atoms in total. The molecule has 1 atom stereocenters. The van der Waals surface area contributed by atoms with Crippen LogP contribution in [0.4, 0.5) is 11.5 Å². The van der Waals surface area contributed by atoms with Gasteiger partial charge in [0.15, 0.2) is 5.82 Å². The molecule has 0 saturated heterocycles. The summed E-state index contributed by atoms with van der Waals surface area (Å²) in [7, 11) is 3.54. The van der Waals surface area contributed by atoms with E-state index in [0.29, 0.717) is 16.9 Å². The molecular weight excluding hydrogens is 424 g/mol. The van der Waals surface area contributed by atoms with Crippen molar-refractivity contribution in [3.8, 4) is 11.6 Å². The van der Waals surface area contributed by atoms with Crippen molar-refractivity contribution in [2.75, 3.05) is 30.2 Å². The Morgan fingerprint density at radius 2 is 1.72 bits per heavy atom. The Balaban J connectivity index is 1.84. The van der Waals surface area contributed by atoms with Gasteiger partial charge in [-0.25, -0.2) is 9.67 Å². The van der Waals surface area contributed by atoms with Crippen molar-refractivity contribution in [2.45, 2.75) is 17.9 Å². The Bertz CT molecular complexity index is 1410. The molecule has 5 rings (SSSR count). The molecule has 32 heavy (non-hydrogen) atoms. The van der Waals surface area contributed by atoms with E-state index < -0.39 is 0 Å². The third-order valence-corrected chi connectivity index (χ3v) is 6.73. The van der Waals surface area contributed by atoms with Crippen LogP contribution < -0.4 is 15.4 Å². The number of para-hydroxylation sites is 1. The van der Waals surface area contributed by atoms with Gasteiger partial charge in [0.2, 0.25) is 5.91 Å². The molecule has 1 aliphatic rings. The second-order valence-electron chi connectivity index (χ2n) is 7.68. The third-order valence-electron chi connectivity index (χ3n) is 5.95. The van der Waals surface area contributed by atoms with Crippen LogP contribution in [-0.2, 0) is 4.79 Å². The normalized spacial score (nSPS) is 16.0. The number of thioether (sulfide) groups is 1. The van der Waals surface area contributed by atoms with Crippen LogP contribution in [-0.4, -0.2) is 51.6 Å². The molecule has 1 aliphatic heterocycles. The molecule has 0 bridgehead atoms. The predicted molar refractivity (Wildman–Crippen MR) is 128 cm³/mol. The van der Waals surface area contributed by atoms with Gasteiger partial charge in [-0.2, -0.15) is 9.67 Å². The highest BCUT2D eigenvalue weighted by Gasteiger charge is 2.33. The van der Waals surface area contributed by atoms with Crippen molar-refractivity contribution in [1.29, 1.82) is 0 Å². The zero-order valence-corrected chi connectivity index (χ0v) is 19.0. The van der Waals surface area contributed by atoms with Gasteiger partial charge in [0, 0.05) is 19.0 Å². The molecule has 0 saturated carbocycles. The largest absolute Gasteiger partial charge is 0.346 e. The van der Waals surface area contributed by atoms with Crippen LogP contribution in [0.1, 0.15) is 6.92 Å². The number of hydrogen-bond donors (Lipinski definition) is 0. The number of fused-ring (bicyclic) bond motifs is 2. The smallest absolute Gasteiger partial charge is 0.283 e. The van der Waals surface area contributed by atoms with E-state index in [1.807, 2.05) is 78.3 Å². The van der Waals surface area contributed by atoms with Gasteiger partial charge in [0.1, 0.15) is 11.7 Å². The van der Waals surface area contributed by atoms with Gasteiger partial charge < -0.3 is 9.80 Å². The van der Waals surface area contributed by atoms with Crippen molar-refractivity contribution in [2.24, 2.45) is 0 Å². The summed E-state index contributed by atoms with van der Waals surface area (Å²) in [5.41, 5.74) is 2.03. The lowest BCUT2D eigenvalue weighted by Gasteiger charge is -2.36. The van der Waals surface area contributed by atoms with E-state index in [1.54, 1.807) is 18.1 Å². The Hall–Kier alpha value is -3.59. The van der Waals surface area contributed by atoms with E-state index in [-0.39, 0.29) is 23.5 Å². The average Bonchev–Trinajstić information content (AvgIpc) is 3.14. The topological polar surface area (TPSA) is 76.3 Å². The molecule has 1 amide bonds. The van der Waals surface area contributed by atoms with Crippen LogP contribution in [0.5, 0.6) is 0 Å². The Labute approximate surface area is 189 Å². The van der Waals surface area contributed by atoms with E-state index in [0.717, 1.165) is 16.1 Å². The minimum Gasteiger partial charge on any atom is -0.346 e. The quantitative estimate of drug-likeness (QED) is 0.450. The molecule has 9 heteroatoms. The number of carbonyl (C=O) groups excluding carboxylic acids is 1. The summed E-state index contributed by atoms with van der Waals surface area (Å²) in [6, 6.07) is 15.1. The highest BCUT2D eigenvalue weighted by molar-refractivity contribution is 7.98. The second-order valence-corrected chi connectivity index (χ2v) is 8.53. The van der Waals surface area contributed by atoms with E-state index >= 15 is 0 Å². The van der Waals surface area contributed by atoms with E-state index in [1.165, 1.54) is 16.4 Å². The lowest BCUT2D eigenvalue weighted by Crippen LogP contribution is -2.49.